The molecule has 26 heavy (non-hydrogen) atoms. The van der Waals surface area contributed by atoms with Crippen LogP contribution in [0.2, 0.25) is 0 Å². The summed E-state index contributed by atoms with van der Waals surface area (Å²) >= 11 is 0. The smallest absolute Gasteiger partial charge is 0.245 e. The van der Waals surface area contributed by atoms with Crippen molar-refractivity contribution in [3.63, 3.8) is 0 Å². The second kappa shape index (κ2) is 7.50. The van der Waals surface area contributed by atoms with E-state index >= 15 is 0 Å². The number of para-hydroxylation sites is 1. The van der Waals surface area contributed by atoms with Gasteiger partial charge in [0, 0.05) is 17.8 Å². The molecular weight excluding hydrogens is 322 g/mol. The highest BCUT2D eigenvalue weighted by Gasteiger charge is 2.32. The van der Waals surface area contributed by atoms with Gasteiger partial charge in [-0.3, -0.25) is 4.79 Å². The summed E-state index contributed by atoms with van der Waals surface area (Å²) in [6, 6.07) is 19.1. The number of nitrogens with zero attached hydrogens (tertiary/aromatic N) is 2. The molecule has 0 aromatic heterocycles. The second-order valence-corrected chi connectivity index (χ2v) is 7.49. The van der Waals surface area contributed by atoms with E-state index in [1.165, 1.54) is 16.8 Å². The molecule has 0 aliphatic carbocycles. The zero-order valence-corrected chi connectivity index (χ0v) is 15.5. The Hall–Kier alpha value is -2.33. The Morgan fingerprint density at radius 2 is 1.69 bits per heavy atom. The lowest BCUT2D eigenvalue weighted by atomic mass is 10.1. The first-order valence-electron chi connectivity index (χ1n) is 9.73. The predicted molar refractivity (Wildman–Crippen MR) is 104 cm³/mol. The van der Waals surface area contributed by atoms with E-state index in [0.717, 1.165) is 45.7 Å². The summed E-state index contributed by atoms with van der Waals surface area (Å²) in [4.78, 5) is 19.0. The molecule has 1 atom stereocenters. The third-order valence-electron chi connectivity index (χ3n) is 5.83. The van der Waals surface area contributed by atoms with Gasteiger partial charge in [-0.05, 0) is 25.0 Å². The van der Waals surface area contributed by atoms with Gasteiger partial charge in [0.15, 0.2) is 0 Å². The second-order valence-electron chi connectivity index (χ2n) is 7.49. The van der Waals surface area contributed by atoms with E-state index in [1.807, 2.05) is 0 Å². The third kappa shape index (κ3) is 3.47. The normalized spacial score (nSPS) is 18.7. The average molecular weight is 350 g/mol. The monoisotopic (exact) mass is 350 g/mol. The van der Waals surface area contributed by atoms with Crippen LogP contribution in [0.15, 0.2) is 54.6 Å². The van der Waals surface area contributed by atoms with Crippen molar-refractivity contribution in [1.82, 2.24) is 4.90 Å². The molecule has 4 nitrogen and oxygen atoms in total. The van der Waals surface area contributed by atoms with Crippen LogP contribution in [0.4, 0.5) is 5.69 Å². The molecule has 1 N–H and O–H groups in total. The van der Waals surface area contributed by atoms with Gasteiger partial charge < -0.3 is 14.7 Å². The molecule has 4 heteroatoms. The molecule has 0 saturated carbocycles. The largest absolute Gasteiger partial charge is 0.359 e. The lowest BCUT2D eigenvalue weighted by Gasteiger charge is -2.36. The number of benzene rings is 2. The fourth-order valence-corrected chi connectivity index (χ4v) is 4.27. The van der Waals surface area contributed by atoms with Gasteiger partial charge in [-0.25, -0.2) is 0 Å². The quantitative estimate of drug-likeness (QED) is 0.902. The van der Waals surface area contributed by atoms with E-state index in [1.54, 1.807) is 4.90 Å². The molecule has 0 unspecified atom stereocenters. The number of nitrogens with one attached hydrogen (secondary N) is 1. The number of hydrogen-bond acceptors (Lipinski definition) is 2. The van der Waals surface area contributed by atoms with Crippen molar-refractivity contribution < 1.29 is 9.69 Å². The fourth-order valence-electron chi connectivity index (χ4n) is 4.27. The summed E-state index contributed by atoms with van der Waals surface area (Å²) < 4.78 is 0. The Bertz CT molecular complexity index is 753. The van der Waals surface area contributed by atoms with Crippen LogP contribution in [-0.2, 0) is 17.8 Å². The molecule has 2 aliphatic heterocycles. The van der Waals surface area contributed by atoms with E-state index in [9.17, 15) is 4.79 Å². The Balaban J connectivity index is 1.34. The Morgan fingerprint density at radius 1 is 1.00 bits per heavy atom. The van der Waals surface area contributed by atoms with Gasteiger partial charge in [-0.2, -0.15) is 0 Å². The average Bonchev–Trinajstić information content (AvgIpc) is 3.12. The van der Waals surface area contributed by atoms with Crippen molar-refractivity contribution in [2.24, 2.45) is 0 Å². The number of carbonyl (C=O) groups is 1. The first kappa shape index (κ1) is 17.1. The van der Waals surface area contributed by atoms with Crippen molar-refractivity contribution >= 4 is 11.6 Å². The molecule has 1 fully saturated rings. The summed E-state index contributed by atoms with van der Waals surface area (Å²) in [6.07, 6.45) is 1.04. The van der Waals surface area contributed by atoms with E-state index in [-0.39, 0.29) is 11.9 Å². The van der Waals surface area contributed by atoms with E-state index in [2.05, 4.69) is 71.3 Å². The fraction of sp³-hybridized carbons (Fsp3) is 0.409. The summed E-state index contributed by atoms with van der Waals surface area (Å²) in [7, 11) is 0. The van der Waals surface area contributed by atoms with Gasteiger partial charge in [0.2, 0.25) is 5.91 Å². The number of amides is 1. The number of hydrogen-bond donors (Lipinski definition) is 1. The highest BCUT2D eigenvalue weighted by molar-refractivity contribution is 5.86. The highest BCUT2D eigenvalue weighted by Crippen LogP contribution is 2.29. The van der Waals surface area contributed by atoms with Crippen LogP contribution in [0.1, 0.15) is 18.1 Å². The van der Waals surface area contributed by atoms with E-state index in [0.29, 0.717) is 0 Å². The van der Waals surface area contributed by atoms with Gasteiger partial charge in [-0.1, -0.05) is 48.5 Å². The number of rotatable bonds is 4. The molecule has 0 bridgehead atoms. The molecule has 1 saturated heterocycles. The molecule has 2 heterocycles. The number of quaternary nitrogens is 1. The van der Waals surface area contributed by atoms with Crippen molar-refractivity contribution in [2.75, 3.05) is 37.6 Å². The molecule has 0 spiro atoms. The standard InChI is InChI=1S/C22H27N3O/c1-18(25-12-11-20-9-5-6-10-21(20)25)22(26)24-15-13-23(14-16-24)17-19-7-3-2-4-8-19/h2-10,18H,11-17H2,1H3/p+1/t18-/m0/s1. The Kier molecular flexibility index (Phi) is 4.93. The molecule has 4 rings (SSSR count). The summed E-state index contributed by atoms with van der Waals surface area (Å²) in [5, 5.41) is 0. The molecule has 2 aliphatic rings. The summed E-state index contributed by atoms with van der Waals surface area (Å²) in [6.45, 7) is 7.85. The highest BCUT2D eigenvalue weighted by atomic mass is 16.2. The summed E-state index contributed by atoms with van der Waals surface area (Å²) in [5.41, 5.74) is 3.98. The number of carbonyl (C=O) groups excluding carboxylic acids is 1. The first-order chi connectivity index (χ1) is 12.7. The zero-order chi connectivity index (χ0) is 17.9. The van der Waals surface area contributed by atoms with Crippen LogP contribution in [0, 0.1) is 0 Å². The van der Waals surface area contributed by atoms with Crippen LogP contribution in [0.25, 0.3) is 0 Å². The maximum atomic E-state index is 13.0. The topological polar surface area (TPSA) is 28.0 Å². The SMILES string of the molecule is C[C@@H](C(=O)N1CC[NH+](Cc2ccccc2)CC1)N1CCc2ccccc21. The van der Waals surface area contributed by atoms with Gasteiger partial charge in [0.1, 0.15) is 12.6 Å². The zero-order valence-electron chi connectivity index (χ0n) is 15.5. The lowest BCUT2D eigenvalue weighted by molar-refractivity contribution is -0.917. The Labute approximate surface area is 156 Å². The molecule has 2 aromatic rings. The van der Waals surface area contributed by atoms with Gasteiger partial charge in [0.05, 0.1) is 26.2 Å². The predicted octanol–water partition coefficient (Wildman–Crippen LogP) is 1.36. The van der Waals surface area contributed by atoms with Crippen LogP contribution in [-0.4, -0.2) is 49.6 Å². The minimum Gasteiger partial charge on any atom is -0.359 e. The van der Waals surface area contributed by atoms with Crippen molar-refractivity contribution in [1.29, 1.82) is 0 Å². The van der Waals surface area contributed by atoms with E-state index in [4.69, 9.17) is 0 Å². The lowest BCUT2D eigenvalue weighted by Crippen LogP contribution is -3.13. The van der Waals surface area contributed by atoms with Crippen LogP contribution in [0.5, 0.6) is 0 Å². The maximum Gasteiger partial charge on any atom is 0.245 e. The molecule has 1 amide bonds. The Morgan fingerprint density at radius 3 is 2.46 bits per heavy atom. The number of fused-ring (bicyclic) bond motifs is 1. The number of anilines is 1. The van der Waals surface area contributed by atoms with E-state index < -0.39 is 0 Å². The van der Waals surface area contributed by atoms with Crippen LogP contribution >= 0.6 is 0 Å². The minimum atomic E-state index is -0.0747. The molecule has 0 radical (unpaired) electrons. The maximum absolute atomic E-state index is 13.0. The van der Waals surface area contributed by atoms with Gasteiger partial charge >= 0.3 is 0 Å². The molecule has 136 valence electrons. The van der Waals surface area contributed by atoms with Gasteiger partial charge in [0.25, 0.3) is 0 Å². The molecular formula is C22H28N3O+. The minimum absolute atomic E-state index is 0.0747. The van der Waals surface area contributed by atoms with Crippen molar-refractivity contribution in [3.8, 4) is 0 Å². The molecule has 2 aromatic carbocycles. The van der Waals surface area contributed by atoms with Crippen molar-refractivity contribution in [2.45, 2.75) is 25.9 Å². The number of piperazine rings is 1. The van der Waals surface area contributed by atoms with Crippen LogP contribution in [0.3, 0.4) is 0 Å². The van der Waals surface area contributed by atoms with Crippen molar-refractivity contribution in [3.05, 3.63) is 65.7 Å². The summed E-state index contributed by atoms with van der Waals surface area (Å²) in [5.74, 6) is 0.278. The van der Waals surface area contributed by atoms with Crippen LogP contribution < -0.4 is 9.80 Å². The van der Waals surface area contributed by atoms with Gasteiger partial charge in [-0.15, -0.1) is 0 Å². The first-order valence-corrected chi connectivity index (χ1v) is 9.73. The third-order valence-corrected chi connectivity index (χ3v) is 5.83.